The van der Waals surface area contributed by atoms with Crippen molar-refractivity contribution in [3.63, 3.8) is 0 Å². The van der Waals surface area contributed by atoms with Crippen molar-refractivity contribution in [1.82, 2.24) is 19.8 Å². The van der Waals surface area contributed by atoms with Crippen LogP contribution in [0.1, 0.15) is 24.2 Å². The van der Waals surface area contributed by atoms with Crippen molar-refractivity contribution < 1.29 is 9.90 Å². The van der Waals surface area contributed by atoms with Crippen LogP contribution in [0.25, 0.3) is 11.1 Å². The average Bonchev–Trinajstić information content (AvgIpc) is 3.36. The molecule has 1 aromatic carbocycles. The molecule has 7 nitrogen and oxygen atoms in total. The van der Waals surface area contributed by atoms with Crippen LogP contribution < -0.4 is 10.9 Å². The van der Waals surface area contributed by atoms with Gasteiger partial charge in [0.1, 0.15) is 0 Å². The van der Waals surface area contributed by atoms with Crippen molar-refractivity contribution in [3.05, 3.63) is 88.6 Å². The first kappa shape index (κ1) is 21.6. The molecular formula is C26H28N4O3. The molecule has 0 aliphatic carbocycles. The van der Waals surface area contributed by atoms with E-state index in [1.54, 1.807) is 12.4 Å². The zero-order valence-corrected chi connectivity index (χ0v) is 18.6. The number of likely N-dealkylation sites (tertiary alicyclic amines) is 1. The van der Waals surface area contributed by atoms with Gasteiger partial charge in [-0.05, 0) is 30.7 Å². The average molecular weight is 445 g/mol. The number of amides is 1. The summed E-state index contributed by atoms with van der Waals surface area (Å²) in [5, 5.41) is 13.3. The Morgan fingerprint density at radius 2 is 1.97 bits per heavy atom. The Balaban J connectivity index is 1.59. The van der Waals surface area contributed by atoms with Crippen LogP contribution in [0.5, 0.6) is 0 Å². The fourth-order valence-electron chi connectivity index (χ4n) is 5.60. The summed E-state index contributed by atoms with van der Waals surface area (Å²) in [6.45, 7) is 3.38. The van der Waals surface area contributed by atoms with E-state index in [4.69, 9.17) is 0 Å². The lowest BCUT2D eigenvalue weighted by Gasteiger charge is -2.30. The maximum atomic E-state index is 13.4. The molecule has 3 aromatic rings. The third-order valence-corrected chi connectivity index (χ3v) is 6.99. The van der Waals surface area contributed by atoms with Gasteiger partial charge in [0.05, 0.1) is 12.1 Å². The maximum absolute atomic E-state index is 13.4. The van der Waals surface area contributed by atoms with E-state index >= 15 is 0 Å². The zero-order valence-electron chi connectivity index (χ0n) is 18.6. The maximum Gasteiger partial charge on any atom is 0.258 e. The standard InChI is InChI=1S/C26H28N4O3/c1-2-28-25(32)24-21(16-31)20-15-29-22(23(20)30(24)14-17-7-4-3-5-8-17)11-10-19(26(29)33)18-9-6-12-27-13-18/h3-13,20-21,23-24,31H,2,14-16H2,1H3,(H,28,32)/t20-,21-,23+,24-/m0/s1. The van der Waals surface area contributed by atoms with E-state index in [9.17, 15) is 14.7 Å². The van der Waals surface area contributed by atoms with Gasteiger partial charge in [0.2, 0.25) is 5.91 Å². The van der Waals surface area contributed by atoms with Gasteiger partial charge in [-0.3, -0.25) is 19.5 Å². The molecule has 2 aliphatic heterocycles. The minimum absolute atomic E-state index is 0.0248. The van der Waals surface area contributed by atoms with Crippen molar-refractivity contribution >= 4 is 5.91 Å². The molecule has 0 bridgehead atoms. The first-order valence-corrected chi connectivity index (χ1v) is 11.5. The molecule has 5 rings (SSSR count). The van der Waals surface area contributed by atoms with E-state index in [1.807, 2.05) is 66.1 Å². The van der Waals surface area contributed by atoms with Crippen LogP contribution >= 0.6 is 0 Å². The monoisotopic (exact) mass is 444 g/mol. The Bertz CT molecular complexity index is 1200. The summed E-state index contributed by atoms with van der Waals surface area (Å²) >= 11 is 0. The lowest BCUT2D eigenvalue weighted by Crippen LogP contribution is -2.48. The van der Waals surface area contributed by atoms with E-state index in [-0.39, 0.29) is 36.0 Å². The molecule has 0 radical (unpaired) electrons. The highest BCUT2D eigenvalue weighted by Gasteiger charge is 2.55. The predicted octanol–water partition coefficient (Wildman–Crippen LogP) is 2.21. The molecule has 0 saturated carbocycles. The third kappa shape index (κ3) is 3.67. The molecule has 33 heavy (non-hydrogen) atoms. The summed E-state index contributed by atoms with van der Waals surface area (Å²) in [4.78, 5) is 32.9. The lowest BCUT2D eigenvalue weighted by molar-refractivity contribution is -0.127. The van der Waals surface area contributed by atoms with Crippen LogP contribution in [-0.4, -0.2) is 44.7 Å². The molecule has 1 amide bonds. The molecule has 2 aromatic heterocycles. The summed E-state index contributed by atoms with van der Waals surface area (Å²) < 4.78 is 1.83. The number of rotatable bonds is 6. The predicted molar refractivity (Wildman–Crippen MR) is 125 cm³/mol. The van der Waals surface area contributed by atoms with Crippen LogP contribution in [0.15, 0.2) is 71.8 Å². The van der Waals surface area contributed by atoms with Gasteiger partial charge in [0.25, 0.3) is 5.56 Å². The van der Waals surface area contributed by atoms with Crippen molar-refractivity contribution in [1.29, 1.82) is 0 Å². The number of pyridine rings is 2. The Hall–Kier alpha value is -3.29. The largest absolute Gasteiger partial charge is 0.396 e. The van der Waals surface area contributed by atoms with E-state index in [0.717, 1.165) is 16.8 Å². The summed E-state index contributed by atoms with van der Waals surface area (Å²) in [7, 11) is 0. The van der Waals surface area contributed by atoms with Gasteiger partial charge in [-0.2, -0.15) is 0 Å². The molecule has 2 N–H and O–H groups in total. The number of aromatic nitrogens is 2. The van der Waals surface area contributed by atoms with Crippen LogP contribution in [0, 0.1) is 11.8 Å². The van der Waals surface area contributed by atoms with Gasteiger partial charge in [-0.1, -0.05) is 36.4 Å². The van der Waals surface area contributed by atoms with Gasteiger partial charge >= 0.3 is 0 Å². The number of likely N-dealkylation sites (N-methyl/N-ethyl adjacent to an activating group) is 1. The molecule has 4 atom stereocenters. The van der Waals surface area contributed by atoms with Gasteiger partial charge < -0.3 is 15.0 Å². The molecule has 2 aliphatic rings. The molecule has 0 unspecified atom stereocenters. The van der Waals surface area contributed by atoms with Crippen LogP contribution in [0.2, 0.25) is 0 Å². The van der Waals surface area contributed by atoms with Gasteiger partial charge in [-0.15, -0.1) is 0 Å². The fourth-order valence-corrected chi connectivity index (χ4v) is 5.60. The van der Waals surface area contributed by atoms with Gasteiger partial charge in [0.15, 0.2) is 0 Å². The highest BCUT2D eigenvalue weighted by atomic mass is 16.3. The highest BCUT2D eigenvalue weighted by Crippen LogP contribution is 2.49. The van der Waals surface area contributed by atoms with Crippen molar-refractivity contribution in [2.75, 3.05) is 13.2 Å². The molecule has 1 fully saturated rings. The topological polar surface area (TPSA) is 87.5 Å². The van der Waals surface area contributed by atoms with Crippen molar-refractivity contribution in [2.45, 2.75) is 32.1 Å². The quantitative estimate of drug-likeness (QED) is 0.609. The molecule has 4 heterocycles. The Morgan fingerprint density at radius 3 is 2.67 bits per heavy atom. The molecule has 170 valence electrons. The molecule has 7 heteroatoms. The second kappa shape index (κ2) is 8.92. The van der Waals surface area contributed by atoms with Gasteiger partial charge in [0, 0.05) is 67.3 Å². The van der Waals surface area contributed by atoms with Crippen molar-refractivity contribution in [2.24, 2.45) is 11.8 Å². The van der Waals surface area contributed by atoms with Crippen LogP contribution in [0.3, 0.4) is 0 Å². The summed E-state index contributed by atoms with van der Waals surface area (Å²) in [5.74, 6) is -0.350. The number of fused-ring (bicyclic) bond motifs is 3. The number of benzene rings is 1. The van der Waals surface area contributed by atoms with E-state index in [1.165, 1.54) is 0 Å². The van der Waals surface area contributed by atoms with Gasteiger partial charge in [-0.25, -0.2) is 0 Å². The van der Waals surface area contributed by atoms with Crippen molar-refractivity contribution in [3.8, 4) is 11.1 Å². The molecule has 1 saturated heterocycles. The molecule has 0 spiro atoms. The summed E-state index contributed by atoms with van der Waals surface area (Å²) in [5.41, 5.74) is 3.34. The second-order valence-electron chi connectivity index (χ2n) is 8.78. The number of nitrogens with one attached hydrogen (secondary N) is 1. The Morgan fingerprint density at radius 1 is 1.15 bits per heavy atom. The minimum atomic E-state index is -0.452. The second-order valence-corrected chi connectivity index (χ2v) is 8.78. The number of aliphatic hydroxyl groups excluding tert-OH is 1. The normalized spacial score (nSPS) is 23.8. The van der Waals surface area contributed by atoms with E-state index < -0.39 is 6.04 Å². The smallest absolute Gasteiger partial charge is 0.258 e. The molecular weight excluding hydrogens is 416 g/mol. The SMILES string of the molecule is CCNC(=O)[C@@H]1[C@@H](CO)[C@@H]2Cn3c(ccc(-c4cccnc4)c3=O)[C@@H]2N1Cc1ccccc1. The highest BCUT2D eigenvalue weighted by molar-refractivity contribution is 5.82. The minimum Gasteiger partial charge on any atom is -0.396 e. The Kier molecular flexibility index (Phi) is 5.83. The number of carbonyl (C=O) groups is 1. The number of aliphatic hydroxyl groups is 1. The third-order valence-electron chi connectivity index (χ3n) is 6.99. The first-order chi connectivity index (χ1) is 16.1. The number of nitrogens with zero attached hydrogens (tertiary/aromatic N) is 3. The van der Waals surface area contributed by atoms with Crippen LogP contribution in [-0.2, 0) is 17.9 Å². The van der Waals surface area contributed by atoms with E-state index in [2.05, 4.69) is 15.2 Å². The first-order valence-electron chi connectivity index (χ1n) is 11.5. The summed E-state index contributed by atoms with van der Waals surface area (Å²) in [6.07, 6.45) is 3.39. The number of hydrogen-bond donors (Lipinski definition) is 2. The number of carbonyl (C=O) groups excluding carboxylic acids is 1. The Labute approximate surface area is 192 Å². The summed E-state index contributed by atoms with van der Waals surface area (Å²) in [6, 6.07) is 17.0. The zero-order chi connectivity index (χ0) is 22.9. The lowest BCUT2D eigenvalue weighted by atomic mass is 9.88. The van der Waals surface area contributed by atoms with Crippen LogP contribution in [0.4, 0.5) is 0 Å². The fraction of sp³-hybridized carbons (Fsp3) is 0.346. The number of hydrogen-bond acceptors (Lipinski definition) is 5. The van der Waals surface area contributed by atoms with E-state index in [0.29, 0.717) is 25.2 Å².